The maximum absolute atomic E-state index is 14.6. The molecule has 0 bridgehead atoms. The molecule has 21 heavy (non-hydrogen) atoms. The summed E-state index contributed by atoms with van der Waals surface area (Å²) in [7, 11) is 0. The Morgan fingerprint density at radius 1 is 1.29 bits per heavy atom. The number of alkyl halides is 2. The van der Waals surface area contributed by atoms with Crippen LogP contribution in [0, 0.1) is 5.92 Å². The first kappa shape index (κ1) is 16.4. The first-order chi connectivity index (χ1) is 9.71. The summed E-state index contributed by atoms with van der Waals surface area (Å²) < 4.78 is 29.1. The number of nitrogens with one attached hydrogen (secondary N) is 1. The summed E-state index contributed by atoms with van der Waals surface area (Å²) in [6.45, 7) is 9.50. The van der Waals surface area contributed by atoms with Crippen molar-refractivity contribution in [2.75, 3.05) is 19.6 Å². The van der Waals surface area contributed by atoms with E-state index in [0.29, 0.717) is 12.5 Å². The van der Waals surface area contributed by atoms with Crippen molar-refractivity contribution in [3.63, 3.8) is 0 Å². The SMILES string of the molecule is CC(C)C1CNC(C)(C)CN1CC(F)(F)c1ccccc1. The fourth-order valence-electron chi connectivity index (χ4n) is 3.05. The Hall–Kier alpha value is -1.00. The molecule has 1 aromatic carbocycles. The monoisotopic (exact) mass is 296 g/mol. The van der Waals surface area contributed by atoms with Crippen LogP contribution in [0.25, 0.3) is 0 Å². The minimum absolute atomic E-state index is 0.101. The number of hydrogen-bond donors (Lipinski definition) is 1. The van der Waals surface area contributed by atoms with Crippen LogP contribution in [-0.4, -0.2) is 36.1 Å². The summed E-state index contributed by atoms with van der Waals surface area (Å²) in [5, 5.41) is 3.46. The van der Waals surface area contributed by atoms with Gasteiger partial charge in [0.25, 0.3) is 5.92 Å². The molecule has 1 aromatic rings. The topological polar surface area (TPSA) is 15.3 Å². The van der Waals surface area contributed by atoms with Gasteiger partial charge in [-0.15, -0.1) is 0 Å². The molecule has 0 aromatic heterocycles. The number of benzene rings is 1. The van der Waals surface area contributed by atoms with E-state index in [2.05, 4.69) is 33.0 Å². The van der Waals surface area contributed by atoms with E-state index in [4.69, 9.17) is 0 Å². The predicted molar refractivity (Wildman–Crippen MR) is 82.6 cm³/mol. The molecule has 1 N–H and O–H groups in total. The van der Waals surface area contributed by atoms with Crippen LogP contribution in [0.1, 0.15) is 33.3 Å². The van der Waals surface area contributed by atoms with Crippen LogP contribution in [0.5, 0.6) is 0 Å². The Bertz CT molecular complexity index is 457. The molecule has 0 amide bonds. The second-order valence-electron chi connectivity index (χ2n) is 7.05. The summed E-state index contributed by atoms with van der Waals surface area (Å²) in [5.74, 6) is -2.47. The largest absolute Gasteiger partial charge is 0.309 e. The summed E-state index contributed by atoms with van der Waals surface area (Å²) in [6, 6.07) is 8.28. The van der Waals surface area contributed by atoms with Crippen molar-refractivity contribution >= 4 is 0 Å². The van der Waals surface area contributed by atoms with Gasteiger partial charge in [-0.1, -0.05) is 44.2 Å². The van der Waals surface area contributed by atoms with E-state index in [9.17, 15) is 8.78 Å². The van der Waals surface area contributed by atoms with E-state index in [0.717, 1.165) is 6.54 Å². The molecule has 1 aliphatic heterocycles. The van der Waals surface area contributed by atoms with Gasteiger partial charge in [-0.25, -0.2) is 0 Å². The zero-order chi connectivity index (χ0) is 15.7. The minimum atomic E-state index is -2.82. The lowest BCUT2D eigenvalue weighted by atomic mass is 9.92. The van der Waals surface area contributed by atoms with Gasteiger partial charge in [0.05, 0.1) is 6.54 Å². The molecule has 1 fully saturated rings. The van der Waals surface area contributed by atoms with Crippen LogP contribution < -0.4 is 5.32 Å². The average Bonchev–Trinajstić information content (AvgIpc) is 2.38. The maximum Gasteiger partial charge on any atom is 0.285 e. The molecule has 1 aliphatic rings. The van der Waals surface area contributed by atoms with E-state index < -0.39 is 5.92 Å². The molecule has 0 spiro atoms. The third kappa shape index (κ3) is 4.01. The number of hydrogen-bond acceptors (Lipinski definition) is 2. The summed E-state index contributed by atoms with van der Waals surface area (Å²) in [5.41, 5.74) is -0.0260. The normalized spacial score (nSPS) is 23.5. The summed E-state index contributed by atoms with van der Waals surface area (Å²) in [4.78, 5) is 1.95. The molecule has 1 heterocycles. The van der Waals surface area contributed by atoms with Gasteiger partial charge in [-0.2, -0.15) is 8.78 Å². The molecule has 118 valence electrons. The summed E-state index contributed by atoms with van der Waals surface area (Å²) >= 11 is 0. The molecule has 4 heteroatoms. The minimum Gasteiger partial charge on any atom is -0.309 e. The van der Waals surface area contributed by atoms with E-state index >= 15 is 0 Å². The Balaban J connectivity index is 2.17. The number of nitrogens with zero attached hydrogens (tertiary/aromatic N) is 1. The number of piperazine rings is 1. The van der Waals surface area contributed by atoms with Crippen molar-refractivity contribution in [2.45, 2.75) is 45.2 Å². The Kier molecular flexibility index (Phi) is 4.69. The molecule has 1 atom stereocenters. The van der Waals surface area contributed by atoms with Crippen molar-refractivity contribution in [3.05, 3.63) is 35.9 Å². The van der Waals surface area contributed by atoms with Gasteiger partial charge in [0, 0.05) is 30.2 Å². The molecular formula is C17H26F2N2. The fraction of sp³-hybridized carbons (Fsp3) is 0.647. The number of halogens is 2. The molecule has 1 unspecified atom stereocenters. The zero-order valence-corrected chi connectivity index (χ0v) is 13.4. The molecular weight excluding hydrogens is 270 g/mol. The van der Waals surface area contributed by atoms with Crippen LogP contribution in [0.3, 0.4) is 0 Å². The Morgan fingerprint density at radius 3 is 2.48 bits per heavy atom. The van der Waals surface area contributed by atoms with Crippen molar-refractivity contribution in [1.29, 1.82) is 0 Å². The van der Waals surface area contributed by atoms with E-state index in [1.165, 1.54) is 12.1 Å². The van der Waals surface area contributed by atoms with Crippen molar-refractivity contribution in [1.82, 2.24) is 10.2 Å². The highest BCUT2D eigenvalue weighted by atomic mass is 19.3. The maximum atomic E-state index is 14.6. The van der Waals surface area contributed by atoms with Crippen molar-refractivity contribution in [2.24, 2.45) is 5.92 Å². The second-order valence-corrected chi connectivity index (χ2v) is 7.05. The van der Waals surface area contributed by atoms with Gasteiger partial charge in [0.15, 0.2) is 0 Å². The van der Waals surface area contributed by atoms with Gasteiger partial charge in [-0.05, 0) is 19.8 Å². The van der Waals surface area contributed by atoms with Crippen LogP contribution in [0.2, 0.25) is 0 Å². The molecule has 2 nitrogen and oxygen atoms in total. The molecule has 0 aliphatic carbocycles. The molecule has 2 rings (SSSR count). The standard InChI is InChI=1S/C17H26F2N2/c1-13(2)15-10-20-16(3,4)11-21(15)12-17(18,19)14-8-6-5-7-9-14/h5-9,13,15,20H,10-12H2,1-4H3. The second kappa shape index (κ2) is 6.01. The highest BCUT2D eigenvalue weighted by Gasteiger charge is 2.41. The van der Waals surface area contributed by atoms with Crippen LogP contribution in [-0.2, 0) is 5.92 Å². The average molecular weight is 296 g/mol. The highest BCUT2D eigenvalue weighted by Crippen LogP contribution is 2.32. The quantitative estimate of drug-likeness (QED) is 0.915. The van der Waals surface area contributed by atoms with Gasteiger partial charge in [0.2, 0.25) is 0 Å². The van der Waals surface area contributed by atoms with Gasteiger partial charge in [0.1, 0.15) is 0 Å². The molecule has 1 saturated heterocycles. The Morgan fingerprint density at radius 2 is 1.90 bits per heavy atom. The highest BCUT2D eigenvalue weighted by molar-refractivity contribution is 5.20. The predicted octanol–water partition coefficient (Wildman–Crippen LogP) is 3.49. The van der Waals surface area contributed by atoms with Crippen LogP contribution >= 0.6 is 0 Å². The van der Waals surface area contributed by atoms with Gasteiger partial charge in [-0.3, -0.25) is 4.90 Å². The number of rotatable bonds is 4. The molecule has 0 radical (unpaired) electrons. The van der Waals surface area contributed by atoms with Crippen LogP contribution in [0.4, 0.5) is 8.78 Å². The fourth-order valence-corrected chi connectivity index (χ4v) is 3.05. The first-order valence-electron chi connectivity index (χ1n) is 7.64. The van der Waals surface area contributed by atoms with Crippen LogP contribution in [0.15, 0.2) is 30.3 Å². The lowest BCUT2D eigenvalue weighted by Crippen LogP contribution is -2.64. The third-order valence-corrected chi connectivity index (χ3v) is 4.22. The van der Waals surface area contributed by atoms with Gasteiger partial charge >= 0.3 is 0 Å². The van der Waals surface area contributed by atoms with Gasteiger partial charge < -0.3 is 5.32 Å². The van der Waals surface area contributed by atoms with E-state index in [1.54, 1.807) is 18.2 Å². The Labute approximate surface area is 126 Å². The van der Waals surface area contributed by atoms with E-state index in [-0.39, 0.29) is 23.7 Å². The van der Waals surface area contributed by atoms with Crippen molar-refractivity contribution < 1.29 is 8.78 Å². The smallest absolute Gasteiger partial charge is 0.285 e. The zero-order valence-electron chi connectivity index (χ0n) is 13.4. The summed E-state index contributed by atoms with van der Waals surface area (Å²) in [6.07, 6.45) is 0. The van der Waals surface area contributed by atoms with Crippen molar-refractivity contribution in [3.8, 4) is 0 Å². The van der Waals surface area contributed by atoms with E-state index in [1.807, 2.05) is 4.90 Å². The molecule has 0 saturated carbocycles. The lowest BCUT2D eigenvalue weighted by Gasteiger charge is -2.47. The lowest BCUT2D eigenvalue weighted by molar-refractivity contribution is -0.0676. The first-order valence-corrected chi connectivity index (χ1v) is 7.64. The third-order valence-electron chi connectivity index (χ3n) is 4.22.